The summed E-state index contributed by atoms with van der Waals surface area (Å²) in [4.78, 5) is 11.6. The Kier molecular flexibility index (Phi) is 9.42. The molecule has 1 fully saturated rings. The second-order valence-corrected chi connectivity index (χ2v) is 7.69. The van der Waals surface area contributed by atoms with E-state index in [0.29, 0.717) is 6.54 Å². The molecule has 0 aromatic rings. The van der Waals surface area contributed by atoms with Crippen LogP contribution in [0.5, 0.6) is 0 Å². The maximum absolute atomic E-state index is 12.0. The number of rotatable bonds is 8. The molecular formula is C13H27ClN2O3S. The predicted octanol–water partition coefficient (Wildman–Crippen LogP) is 1.27. The highest BCUT2D eigenvalue weighted by molar-refractivity contribution is 7.92. The fourth-order valence-corrected chi connectivity index (χ4v) is 4.28. The van der Waals surface area contributed by atoms with Gasteiger partial charge in [-0.3, -0.25) is 4.79 Å². The maximum Gasteiger partial charge on any atom is 0.221 e. The van der Waals surface area contributed by atoms with Gasteiger partial charge in [0.15, 0.2) is 9.84 Å². The summed E-state index contributed by atoms with van der Waals surface area (Å²) in [6.07, 6.45) is 3.60. The topological polar surface area (TPSA) is 75.3 Å². The van der Waals surface area contributed by atoms with E-state index < -0.39 is 9.84 Å². The third kappa shape index (κ3) is 6.90. The van der Waals surface area contributed by atoms with Crippen LogP contribution in [0, 0.1) is 0 Å². The molecule has 1 aliphatic rings. The quantitative estimate of drug-likeness (QED) is 0.704. The van der Waals surface area contributed by atoms with E-state index in [1.165, 1.54) is 0 Å². The first kappa shape index (κ1) is 19.7. The first-order valence-electron chi connectivity index (χ1n) is 7.17. The van der Waals surface area contributed by atoms with Crippen LogP contribution in [0.2, 0.25) is 0 Å². The number of carbonyl (C=O) groups excluding carboxylic acids is 1. The average molecular weight is 327 g/mol. The van der Waals surface area contributed by atoms with Crippen LogP contribution in [0.4, 0.5) is 0 Å². The smallest absolute Gasteiger partial charge is 0.221 e. The lowest BCUT2D eigenvalue weighted by Gasteiger charge is -2.14. The lowest BCUT2D eigenvalue weighted by atomic mass is 10.3. The van der Waals surface area contributed by atoms with E-state index in [9.17, 15) is 13.2 Å². The van der Waals surface area contributed by atoms with E-state index in [2.05, 4.69) is 10.6 Å². The lowest BCUT2D eigenvalue weighted by Crippen LogP contribution is -2.39. The van der Waals surface area contributed by atoms with Crippen LogP contribution in [0.3, 0.4) is 0 Å². The predicted molar refractivity (Wildman–Crippen MR) is 84.1 cm³/mol. The molecule has 7 heteroatoms. The number of hydrogen-bond acceptors (Lipinski definition) is 4. The summed E-state index contributed by atoms with van der Waals surface area (Å²) in [5.41, 5.74) is 0. The number of likely N-dealkylation sites (N-methyl/N-ethyl adjacent to an activating group) is 1. The Hall–Kier alpha value is -0.330. The highest BCUT2D eigenvalue weighted by atomic mass is 35.5. The van der Waals surface area contributed by atoms with Crippen LogP contribution in [-0.2, 0) is 14.6 Å². The zero-order valence-electron chi connectivity index (χ0n) is 12.4. The lowest BCUT2D eigenvalue weighted by molar-refractivity contribution is -0.120. The molecule has 20 heavy (non-hydrogen) atoms. The van der Waals surface area contributed by atoms with Crippen molar-refractivity contribution in [2.24, 2.45) is 0 Å². The molecular weight excluding hydrogens is 300 g/mol. The minimum atomic E-state index is -3.08. The van der Waals surface area contributed by atoms with Gasteiger partial charge in [0.2, 0.25) is 5.91 Å². The molecule has 1 atom stereocenters. The normalized spacial score (nSPS) is 17.5. The summed E-state index contributed by atoms with van der Waals surface area (Å²) in [7, 11) is -3.08. The van der Waals surface area contributed by atoms with Gasteiger partial charge in [-0.25, -0.2) is 8.42 Å². The molecule has 120 valence electrons. The molecule has 2 N–H and O–H groups in total. The van der Waals surface area contributed by atoms with Crippen molar-refractivity contribution in [3.05, 3.63) is 0 Å². The molecule has 0 heterocycles. The van der Waals surface area contributed by atoms with Crippen molar-refractivity contribution in [3.63, 3.8) is 0 Å². The van der Waals surface area contributed by atoms with Crippen LogP contribution in [0.15, 0.2) is 0 Å². The Morgan fingerprint density at radius 2 is 1.90 bits per heavy atom. The van der Waals surface area contributed by atoms with Crippen molar-refractivity contribution in [1.82, 2.24) is 10.6 Å². The van der Waals surface area contributed by atoms with E-state index in [1.54, 1.807) is 0 Å². The minimum Gasteiger partial charge on any atom is -0.355 e. The van der Waals surface area contributed by atoms with Gasteiger partial charge in [0.25, 0.3) is 0 Å². The van der Waals surface area contributed by atoms with Crippen molar-refractivity contribution >= 4 is 28.2 Å². The number of hydrogen-bond donors (Lipinski definition) is 2. The molecule has 0 radical (unpaired) electrons. The van der Waals surface area contributed by atoms with E-state index in [-0.39, 0.29) is 41.8 Å². The van der Waals surface area contributed by atoms with E-state index in [4.69, 9.17) is 0 Å². The third-order valence-corrected chi connectivity index (χ3v) is 5.84. The van der Waals surface area contributed by atoms with Crippen LogP contribution in [-0.4, -0.2) is 44.5 Å². The van der Waals surface area contributed by atoms with Crippen LogP contribution in [0.1, 0.15) is 46.0 Å². The first-order valence-corrected chi connectivity index (χ1v) is 8.89. The molecule has 0 spiro atoms. The summed E-state index contributed by atoms with van der Waals surface area (Å²) in [6, 6.07) is 0.209. The molecule has 0 aromatic heterocycles. The van der Waals surface area contributed by atoms with E-state index in [1.807, 2.05) is 13.8 Å². The fourth-order valence-electron chi connectivity index (χ4n) is 2.43. The van der Waals surface area contributed by atoms with E-state index >= 15 is 0 Å². The van der Waals surface area contributed by atoms with Crippen LogP contribution < -0.4 is 10.6 Å². The molecule has 5 nitrogen and oxygen atoms in total. The highest BCUT2D eigenvalue weighted by Crippen LogP contribution is 2.25. The summed E-state index contributed by atoms with van der Waals surface area (Å²) in [5, 5.41) is 5.74. The number of nitrogens with one attached hydrogen (secondary N) is 2. The first-order chi connectivity index (χ1) is 8.95. The second-order valence-electron chi connectivity index (χ2n) is 5.29. The zero-order chi connectivity index (χ0) is 14.3. The standard InChI is InChI=1S/C13H26N2O3S.ClH/c1-3-14-11(2)10-15-13(16)8-9-19(17,18)12-6-4-5-7-12;/h11-12,14H,3-10H2,1-2H3,(H,15,16);1H/t11-;/m1./s1. The molecule has 1 aliphatic carbocycles. The number of sulfone groups is 1. The number of halogens is 1. The second kappa shape index (κ2) is 9.58. The monoisotopic (exact) mass is 326 g/mol. The molecule has 1 saturated carbocycles. The number of carbonyl (C=O) groups is 1. The fraction of sp³-hybridized carbons (Fsp3) is 0.923. The molecule has 1 rings (SSSR count). The van der Waals surface area contributed by atoms with Gasteiger partial charge in [0.1, 0.15) is 0 Å². The Morgan fingerprint density at radius 1 is 1.30 bits per heavy atom. The molecule has 0 bridgehead atoms. The van der Waals surface area contributed by atoms with Gasteiger partial charge in [0, 0.05) is 19.0 Å². The van der Waals surface area contributed by atoms with Gasteiger partial charge >= 0.3 is 0 Å². The number of amides is 1. The molecule has 0 aliphatic heterocycles. The summed E-state index contributed by atoms with van der Waals surface area (Å²) < 4.78 is 24.0. The third-order valence-electron chi connectivity index (χ3n) is 3.58. The maximum atomic E-state index is 12.0. The summed E-state index contributed by atoms with van der Waals surface area (Å²) in [5.74, 6) is -0.189. The van der Waals surface area contributed by atoms with Crippen LogP contribution >= 0.6 is 12.4 Å². The Morgan fingerprint density at radius 3 is 2.45 bits per heavy atom. The van der Waals surface area contributed by atoms with Gasteiger partial charge in [-0.15, -0.1) is 12.4 Å². The highest BCUT2D eigenvalue weighted by Gasteiger charge is 2.28. The Bertz CT molecular complexity index is 381. The molecule has 0 saturated heterocycles. The Labute approximate surface area is 128 Å². The molecule has 0 unspecified atom stereocenters. The minimum absolute atomic E-state index is 0. The van der Waals surface area contributed by atoms with Crippen molar-refractivity contribution in [3.8, 4) is 0 Å². The zero-order valence-corrected chi connectivity index (χ0v) is 14.0. The largest absolute Gasteiger partial charge is 0.355 e. The van der Waals surface area contributed by atoms with Gasteiger partial charge in [-0.2, -0.15) is 0 Å². The van der Waals surface area contributed by atoms with Gasteiger partial charge < -0.3 is 10.6 Å². The Balaban J connectivity index is 0.00000361. The average Bonchev–Trinajstić information content (AvgIpc) is 2.89. The van der Waals surface area contributed by atoms with Gasteiger partial charge in [-0.1, -0.05) is 19.8 Å². The van der Waals surface area contributed by atoms with Gasteiger partial charge in [-0.05, 0) is 26.3 Å². The van der Waals surface area contributed by atoms with Gasteiger partial charge in [0.05, 0.1) is 11.0 Å². The van der Waals surface area contributed by atoms with E-state index in [0.717, 1.165) is 32.2 Å². The molecule has 0 aromatic carbocycles. The summed E-state index contributed by atoms with van der Waals surface area (Å²) >= 11 is 0. The SMILES string of the molecule is CCN[C@H](C)CNC(=O)CCS(=O)(=O)C1CCCC1.Cl. The van der Waals surface area contributed by atoms with Crippen molar-refractivity contribution in [2.75, 3.05) is 18.8 Å². The van der Waals surface area contributed by atoms with Crippen molar-refractivity contribution < 1.29 is 13.2 Å². The van der Waals surface area contributed by atoms with Crippen molar-refractivity contribution in [1.29, 1.82) is 0 Å². The van der Waals surface area contributed by atoms with Crippen LogP contribution in [0.25, 0.3) is 0 Å². The van der Waals surface area contributed by atoms with Crippen molar-refractivity contribution in [2.45, 2.75) is 57.2 Å². The summed E-state index contributed by atoms with van der Waals surface area (Å²) in [6.45, 7) is 5.38. The molecule has 1 amide bonds.